The van der Waals surface area contributed by atoms with E-state index in [2.05, 4.69) is 15.9 Å². The van der Waals surface area contributed by atoms with E-state index in [1.807, 2.05) is 0 Å². The van der Waals surface area contributed by atoms with Crippen LogP contribution in [-0.4, -0.2) is 10.2 Å². The highest BCUT2D eigenvalue weighted by molar-refractivity contribution is 9.09. The molecule has 0 bridgehead atoms. The summed E-state index contributed by atoms with van der Waals surface area (Å²) in [5, 5.41) is 0.440. The highest BCUT2D eigenvalue weighted by Gasteiger charge is 2.31. The zero-order valence-corrected chi connectivity index (χ0v) is 4.96. The number of alkyl halides is 2. The maximum absolute atomic E-state index is 5.49. The predicted molar refractivity (Wildman–Crippen MR) is 27.0 cm³/mol. The van der Waals surface area contributed by atoms with Crippen LogP contribution in [0.1, 0.15) is 6.42 Å². The Bertz CT molecular complexity index is 40.2. The van der Waals surface area contributed by atoms with Gasteiger partial charge in [-0.05, 0) is 6.42 Å². The van der Waals surface area contributed by atoms with Crippen molar-refractivity contribution >= 4 is 27.5 Å². The monoisotopic (exact) mass is 154 g/mol. The molecule has 0 spiro atoms. The average molecular weight is 155 g/mol. The van der Waals surface area contributed by atoms with Gasteiger partial charge in [-0.15, -0.1) is 11.6 Å². The normalized spacial score (nSPS) is 49.2. The molecular weight excluding hydrogens is 151 g/mol. The SMILES string of the molecule is ClC1CC1Br. The molecule has 0 aromatic heterocycles. The number of halogens is 2. The summed E-state index contributed by atoms with van der Waals surface area (Å²) in [7, 11) is 0. The predicted octanol–water partition coefficient (Wildman–Crippen LogP) is 1.76. The zero-order chi connectivity index (χ0) is 3.86. The fourth-order valence-electron chi connectivity index (χ4n) is 0.137. The first-order chi connectivity index (χ1) is 2.30. The van der Waals surface area contributed by atoms with Crippen LogP contribution >= 0.6 is 27.5 Å². The van der Waals surface area contributed by atoms with Gasteiger partial charge < -0.3 is 0 Å². The first-order valence-electron chi connectivity index (χ1n) is 1.59. The Labute approximate surface area is 44.6 Å². The highest BCUT2D eigenvalue weighted by atomic mass is 79.9. The third kappa shape index (κ3) is 0.799. The molecule has 1 aliphatic carbocycles. The first-order valence-corrected chi connectivity index (χ1v) is 2.94. The summed E-state index contributed by atoms with van der Waals surface area (Å²) in [5.74, 6) is 0. The van der Waals surface area contributed by atoms with E-state index in [4.69, 9.17) is 11.6 Å². The van der Waals surface area contributed by atoms with E-state index in [0.717, 1.165) is 6.42 Å². The largest absolute Gasteiger partial charge is 0.122 e. The van der Waals surface area contributed by atoms with Gasteiger partial charge in [-0.2, -0.15) is 0 Å². The summed E-state index contributed by atoms with van der Waals surface area (Å²) in [6.45, 7) is 0. The van der Waals surface area contributed by atoms with Crippen LogP contribution in [-0.2, 0) is 0 Å². The molecule has 2 unspecified atom stereocenters. The molecule has 5 heavy (non-hydrogen) atoms. The van der Waals surface area contributed by atoms with E-state index in [-0.39, 0.29) is 0 Å². The third-order valence-electron chi connectivity index (χ3n) is 0.640. The average Bonchev–Trinajstić information content (AvgIpc) is 1.79. The van der Waals surface area contributed by atoms with Crippen molar-refractivity contribution in [2.24, 2.45) is 0 Å². The molecule has 0 heterocycles. The van der Waals surface area contributed by atoms with Crippen molar-refractivity contribution in [1.29, 1.82) is 0 Å². The first kappa shape index (κ1) is 3.94. The van der Waals surface area contributed by atoms with Crippen molar-refractivity contribution in [2.45, 2.75) is 16.6 Å². The van der Waals surface area contributed by atoms with Crippen molar-refractivity contribution in [2.75, 3.05) is 0 Å². The van der Waals surface area contributed by atoms with Crippen LogP contribution in [0.25, 0.3) is 0 Å². The summed E-state index contributed by atoms with van der Waals surface area (Å²) in [5.41, 5.74) is 0. The van der Waals surface area contributed by atoms with Gasteiger partial charge in [0.2, 0.25) is 0 Å². The van der Waals surface area contributed by atoms with Crippen LogP contribution in [0.3, 0.4) is 0 Å². The maximum atomic E-state index is 5.49. The second-order valence-electron chi connectivity index (χ2n) is 1.27. The molecule has 0 radical (unpaired) electrons. The minimum atomic E-state index is 0.440. The van der Waals surface area contributed by atoms with Crippen LogP contribution in [0.4, 0.5) is 0 Å². The highest BCUT2D eigenvalue weighted by Crippen LogP contribution is 2.34. The molecule has 1 saturated carbocycles. The van der Waals surface area contributed by atoms with Crippen molar-refractivity contribution in [3.05, 3.63) is 0 Å². The topological polar surface area (TPSA) is 0 Å². The maximum Gasteiger partial charge on any atom is 0.0472 e. The zero-order valence-electron chi connectivity index (χ0n) is 2.62. The minimum Gasteiger partial charge on any atom is -0.122 e. The van der Waals surface area contributed by atoms with Crippen LogP contribution in [0.2, 0.25) is 0 Å². The molecule has 0 nitrogen and oxygen atoms in total. The lowest BCUT2D eigenvalue weighted by atomic mass is 11.0. The lowest BCUT2D eigenvalue weighted by Gasteiger charge is -1.62. The molecule has 0 amide bonds. The molecule has 0 aromatic carbocycles. The molecule has 2 atom stereocenters. The van der Waals surface area contributed by atoms with Crippen molar-refractivity contribution < 1.29 is 0 Å². The Hall–Kier alpha value is 0.770. The van der Waals surface area contributed by atoms with Gasteiger partial charge in [0.1, 0.15) is 0 Å². The minimum absolute atomic E-state index is 0.440. The number of hydrogen-bond donors (Lipinski definition) is 0. The fraction of sp³-hybridized carbons (Fsp3) is 1.00. The molecule has 0 N–H and O–H groups in total. The van der Waals surface area contributed by atoms with Crippen LogP contribution in [0.15, 0.2) is 0 Å². The summed E-state index contributed by atoms with van der Waals surface area (Å²) in [4.78, 5) is 0.629. The van der Waals surface area contributed by atoms with E-state index in [1.54, 1.807) is 0 Å². The van der Waals surface area contributed by atoms with E-state index < -0.39 is 0 Å². The van der Waals surface area contributed by atoms with E-state index >= 15 is 0 Å². The van der Waals surface area contributed by atoms with Crippen LogP contribution in [0, 0.1) is 0 Å². The standard InChI is InChI=1S/C3H4BrCl/c4-2-1-3(2)5/h2-3H,1H2. The fourth-order valence-corrected chi connectivity index (χ4v) is 0.946. The van der Waals surface area contributed by atoms with Crippen molar-refractivity contribution in [3.63, 3.8) is 0 Å². The number of rotatable bonds is 0. The number of hydrogen-bond acceptors (Lipinski definition) is 0. The van der Waals surface area contributed by atoms with E-state index in [0.29, 0.717) is 10.2 Å². The Morgan fingerprint density at radius 1 is 1.80 bits per heavy atom. The van der Waals surface area contributed by atoms with Gasteiger partial charge in [-0.25, -0.2) is 0 Å². The van der Waals surface area contributed by atoms with Crippen molar-refractivity contribution in [3.8, 4) is 0 Å². The van der Waals surface area contributed by atoms with Crippen LogP contribution in [0.5, 0.6) is 0 Å². The quantitative estimate of drug-likeness (QED) is 0.468. The van der Waals surface area contributed by atoms with Crippen molar-refractivity contribution in [1.82, 2.24) is 0 Å². The summed E-state index contributed by atoms with van der Waals surface area (Å²) in [6, 6.07) is 0. The summed E-state index contributed by atoms with van der Waals surface area (Å²) < 4.78 is 0. The molecule has 30 valence electrons. The van der Waals surface area contributed by atoms with Gasteiger partial charge in [-0.3, -0.25) is 0 Å². The summed E-state index contributed by atoms with van der Waals surface area (Å²) >= 11 is 8.80. The lowest BCUT2D eigenvalue weighted by molar-refractivity contribution is 1.50. The molecule has 1 rings (SSSR count). The lowest BCUT2D eigenvalue weighted by Crippen LogP contribution is -1.62. The van der Waals surface area contributed by atoms with E-state index in [9.17, 15) is 0 Å². The Balaban J connectivity index is 2.20. The van der Waals surface area contributed by atoms with E-state index in [1.165, 1.54) is 0 Å². The molecule has 0 aromatic rings. The second-order valence-corrected chi connectivity index (χ2v) is 3.00. The van der Waals surface area contributed by atoms with Gasteiger partial charge in [0, 0.05) is 10.2 Å². The van der Waals surface area contributed by atoms with Gasteiger partial charge in [0.15, 0.2) is 0 Å². The second kappa shape index (κ2) is 1.12. The molecule has 1 fully saturated rings. The molecule has 2 heteroatoms. The van der Waals surface area contributed by atoms with Gasteiger partial charge in [0.05, 0.1) is 0 Å². The van der Waals surface area contributed by atoms with Gasteiger partial charge in [0.25, 0.3) is 0 Å². The third-order valence-corrected chi connectivity index (χ3v) is 2.44. The van der Waals surface area contributed by atoms with Gasteiger partial charge >= 0.3 is 0 Å². The Kier molecular flexibility index (Phi) is 0.886. The Morgan fingerprint density at radius 2 is 2.00 bits per heavy atom. The van der Waals surface area contributed by atoms with Gasteiger partial charge in [-0.1, -0.05) is 15.9 Å². The molecule has 0 saturated heterocycles. The van der Waals surface area contributed by atoms with Crippen LogP contribution < -0.4 is 0 Å². The Morgan fingerprint density at radius 3 is 2.00 bits per heavy atom. The molecular formula is C3H4BrCl. The smallest absolute Gasteiger partial charge is 0.0472 e. The molecule has 0 aliphatic heterocycles. The summed E-state index contributed by atoms with van der Waals surface area (Å²) in [6.07, 6.45) is 1.15. The molecule has 1 aliphatic rings.